The fourth-order valence-electron chi connectivity index (χ4n) is 1.95. The Morgan fingerprint density at radius 1 is 1.09 bits per heavy atom. The molecule has 0 saturated carbocycles. The number of hydrogen-bond acceptors (Lipinski definition) is 6. The van der Waals surface area contributed by atoms with E-state index >= 15 is 0 Å². The first-order chi connectivity index (χ1) is 11.0. The lowest BCUT2D eigenvalue weighted by Crippen LogP contribution is -2.08. The molecule has 0 aliphatic rings. The van der Waals surface area contributed by atoms with Crippen molar-refractivity contribution in [2.45, 2.75) is 40.2 Å². The summed E-state index contributed by atoms with van der Waals surface area (Å²) in [5, 5.41) is 14.4. The summed E-state index contributed by atoms with van der Waals surface area (Å²) in [4.78, 5) is 4.41. The van der Waals surface area contributed by atoms with Crippen molar-refractivity contribution in [3.63, 3.8) is 0 Å². The molecule has 2 rings (SSSR count). The molecule has 0 unspecified atom stereocenters. The highest BCUT2D eigenvalue weighted by molar-refractivity contribution is 5.55. The van der Waals surface area contributed by atoms with Crippen molar-refractivity contribution in [2.75, 3.05) is 17.2 Å². The molecule has 23 heavy (non-hydrogen) atoms. The molecule has 0 aliphatic carbocycles. The van der Waals surface area contributed by atoms with Crippen molar-refractivity contribution >= 4 is 17.5 Å². The largest absolute Gasteiger partial charge is 0.491 e. The molecule has 1 aromatic heterocycles. The number of benzene rings is 1. The van der Waals surface area contributed by atoms with Gasteiger partial charge in [0, 0.05) is 12.2 Å². The molecule has 0 radical (unpaired) electrons. The minimum atomic E-state index is 0.162. The van der Waals surface area contributed by atoms with E-state index in [2.05, 4.69) is 39.7 Å². The highest BCUT2D eigenvalue weighted by atomic mass is 16.5. The maximum Gasteiger partial charge on any atom is 0.249 e. The normalized spacial score (nSPS) is 10.9. The fourth-order valence-corrected chi connectivity index (χ4v) is 1.95. The molecule has 1 aromatic carbocycles. The van der Waals surface area contributed by atoms with Crippen molar-refractivity contribution in [3.05, 3.63) is 30.5 Å². The maximum atomic E-state index is 5.62. The molecule has 6 nitrogen and oxygen atoms in total. The van der Waals surface area contributed by atoms with Gasteiger partial charge in [-0.1, -0.05) is 13.8 Å². The van der Waals surface area contributed by atoms with Crippen molar-refractivity contribution < 1.29 is 4.74 Å². The monoisotopic (exact) mass is 315 g/mol. The lowest BCUT2D eigenvalue weighted by molar-refractivity contribution is 0.242. The lowest BCUT2D eigenvalue weighted by Gasteiger charge is -2.11. The van der Waals surface area contributed by atoms with Gasteiger partial charge in [0.25, 0.3) is 0 Å². The summed E-state index contributed by atoms with van der Waals surface area (Å²) in [6.07, 6.45) is 2.88. The average molecular weight is 315 g/mol. The summed E-state index contributed by atoms with van der Waals surface area (Å²) in [5.41, 5.74) is 0.891. The van der Waals surface area contributed by atoms with E-state index in [4.69, 9.17) is 4.74 Å². The Bertz CT molecular complexity index is 598. The van der Waals surface area contributed by atoms with Crippen molar-refractivity contribution in [1.29, 1.82) is 0 Å². The van der Waals surface area contributed by atoms with Gasteiger partial charge < -0.3 is 15.4 Å². The van der Waals surface area contributed by atoms with Gasteiger partial charge in [0.05, 0.1) is 12.3 Å². The Morgan fingerprint density at radius 2 is 1.83 bits per heavy atom. The van der Waals surface area contributed by atoms with Crippen LogP contribution in [0.5, 0.6) is 5.75 Å². The molecule has 6 heteroatoms. The number of aromatic nitrogens is 3. The Kier molecular flexibility index (Phi) is 6.14. The standard InChI is InChI=1S/C17H25N5O/c1-12(2)9-10-18-16-11-19-22-17(21-16)20-14-5-7-15(8-6-14)23-13(3)4/h5-8,11-13H,9-10H2,1-4H3,(H2,18,20,21,22). The predicted octanol–water partition coefficient (Wildman–Crippen LogP) is 3.86. The van der Waals surface area contributed by atoms with Gasteiger partial charge in [0.1, 0.15) is 5.75 Å². The highest BCUT2D eigenvalue weighted by Gasteiger charge is 2.03. The van der Waals surface area contributed by atoms with Crippen LogP contribution in [0.3, 0.4) is 0 Å². The number of anilines is 3. The van der Waals surface area contributed by atoms with E-state index in [0.717, 1.165) is 30.2 Å². The smallest absolute Gasteiger partial charge is 0.249 e. The van der Waals surface area contributed by atoms with E-state index in [-0.39, 0.29) is 6.10 Å². The van der Waals surface area contributed by atoms with Gasteiger partial charge in [-0.25, -0.2) is 0 Å². The van der Waals surface area contributed by atoms with Gasteiger partial charge in [0.15, 0.2) is 5.82 Å². The van der Waals surface area contributed by atoms with Crippen molar-refractivity contribution in [3.8, 4) is 5.75 Å². The van der Waals surface area contributed by atoms with Crippen LogP contribution in [0.25, 0.3) is 0 Å². The van der Waals surface area contributed by atoms with Crippen LogP contribution >= 0.6 is 0 Å². The van der Waals surface area contributed by atoms with Crippen molar-refractivity contribution in [2.24, 2.45) is 5.92 Å². The van der Waals surface area contributed by atoms with E-state index < -0.39 is 0 Å². The van der Waals surface area contributed by atoms with Gasteiger partial charge in [0.2, 0.25) is 5.95 Å². The van der Waals surface area contributed by atoms with Gasteiger partial charge in [-0.2, -0.15) is 10.1 Å². The minimum Gasteiger partial charge on any atom is -0.491 e. The van der Waals surface area contributed by atoms with Crippen molar-refractivity contribution in [1.82, 2.24) is 15.2 Å². The van der Waals surface area contributed by atoms with Gasteiger partial charge >= 0.3 is 0 Å². The first-order valence-electron chi connectivity index (χ1n) is 8.00. The third-order valence-electron chi connectivity index (χ3n) is 3.07. The molecule has 0 atom stereocenters. The molecule has 2 N–H and O–H groups in total. The second-order valence-corrected chi connectivity index (χ2v) is 6.09. The van der Waals surface area contributed by atoms with Crippen LogP contribution in [0.4, 0.5) is 17.5 Å². The molecule has 0 spiro atoms. The van der Waals surface area contributed by atoms with Crippen LogP contribution in [0.2, 0.25) is 0 Å². The number of nitrogens with zero attached hydrogens (tertiary/aromatic N) is 3. The molecule has 124 valence electrons. The third-order valence-corrected chi connectivity index (χ3v) is 3.07. The zero-order valence-electron chi connectivity index (χ0n) is 14.2. The molecule has 0 saturated heterocycles. The van der Waals surface area contributed by atoms with Crippen LogP contribution in [-0.4, -0.2) is 27.8 Å². The Hall–Kier alpha value is -2.37. The van der Waals surface area contributed by atoms with Gasteiger partial charge in [-0.05, 0) is 50.5 Å². The Labute approximate surface area is 137 Å². The van der Waals surface area contributed by atoms with Crippen LogP contribution in [0.15, 0.2) is 30.5 Å². The second-order valence-electron chi connectivity index (χ2n) is 6.09. The van der Waals surface area contributed by atoms with E-state index in [9.17, 15) is 0 Å². The Morgan fingerprint density at radius 3 is 2.48 bits per heavy atom. The van der Waals surface area contributed by atoms with Crippen LogP contribution in [0.1, 0.15) is 34.1 Å². The topological polar surface area (TPSA) is 72.0 Å². The number of rotatable bonds is 8. The van der Waals surface area contributed by atoms with E-state index in [1.54, 1.807) is 6.20 Å². The molecule has 0 aliphatic heterocycles. The second kappa shape index (κ2) is 8.31. The zero-order valence-corrected chi connectivity index (χ0v) is 14.2. The first-order valence-corrected chi connectivity index (χ1v) is 8.00. The van der Waals surface area contributed by atoms with E-state index in [0.29, 0.717) is 11.9 Å². The summed E-state index contributed by atoms with van der Waals surface area (Å²) in [6.45, 7) is 9.27. The zero-order chi connectivity index (χ0) is 16.7. The average Bonchev–Trinajstić information content (AvgIpc) is 2.49. The molecule has 2 aromatic rings. The van der Waals surface area contributed by atoms with Crippen LogP contribution in [0, 0.1) is 5.92 Å². The molecule has 0 amide bonds. The summed E-state index contributed by atoms with van der Waals surface area (Å²) >= 11 is 0. The fraction of sp³-hybridized carbons (Fsp3) is 0.471. The number of ether oxygens (including phenoxy) is 1. The highest BCUT2D eigenvalue weighted by Crippen LogP contribution is 2.19. The predicted molar refractivity (Wildman–Crippen MR) is 93.3 cm³/mol. The molecule has 0 bridgehead atoms. The summed E-state index contributed by atoms with van der Waals surface area (Å²) in [5.74, 6) is 2.69. The lowest BCUT2D eigenvalue weighted by atomic mass is 10.1. The van der Waals surface area contributed by atoms with Crippen LogP contribution < -0.4 is 15.4 Å². The quantitative estimate of drug-likeness (QED) is 0.770. The molecular weight excluding hydrogens is 290 g/mol. The SMILES string of the molecule is CC(C)CCNc1cnnc(Nc2ccc(OC(C)C)cc2)n1. The minimum absolute atomic E-state index is 0.162. The number of nitrogens with one attached hydrogen (secondary N) is 2. The van der Waals surface area contributed by atoms with Crippen LogP contribution in [-0.2, 0) is 0 Å². The maximum absolute atomic E-state index is 5.62. The first kappa shape index (κ1) is 17.0. The van der Waals surface area contributed by atoms with E-state index in [1.165, 1.54) is 0 Å². The number of hydrogen-bond donors (Lipinski definition) is 2. The van der Waals surface area contributed by atoms with E-state index in [1.807, 2.05) is 38.1 Å². The molecule has 0 fully saturated rings. The summed E-state index contributed by atoms with van der Waals surface area (Å²) in [7, 11) is 0. The third kappa shape index (κ3) is 6.10. The summed E-state index contributed by atoms with van der Waals surface area (Å²) < 4.78 is 5.62. The Balaban J connectivity index is 1.94. The van der Waals surface area contributed by atoms with Gasteiger partial charge in [-0.15, -0.1) is 5.10 Å². The summed E-state index contributed by atoms with van der Waals surface area (Å²) in [6, 6.07) is 7.70. The van der Waals surface area contributed by atoms with Gasteiger partial charge in [-0.3, -0.25) is 0 Å². The molecule has 1 heterocycles. The molecular formula is C17H25N5O.